The van der Waals surface area contributed by atoms with Gasteiger partial charge in [0, 0.05) is 42.5 Å². The first-order valence-corrected chi connectivity index (χ1v) is 11.0. The molecule has 168 valence electrons. The monoisotopic (exact) mass is 433 g/mol. The number of phenolic OH excluding ortho intramolecular Hbond substituents is 2. The van der Waals surface area contributed by atoms with E-state index >= 15 is 0 Å². The number of aryl methyl sites for hydroxylation is 1. The Bertz CT molecular complexity index is 1040. The Balaban J connectivity index is 0.00000141. The van der Waals surface area contributed by atoms with Crippen LogP contribution in [0.5, 0.6) is 11.5 Å². The van der Waals surface area contributed by atoms with Gasteiger partial charge in [-0.15, -0.1) is 12.8 Å². The molecule has 2 heterocycles. The molecule has 0 aromatic heterocycles. The maximum atomic E-state index is 12.6. The van der Waals surface area contributed by atoms with Crippen molar-refractivity contribution < 1.29 is 15.0 Å². The van der Waals surface area contributed by atoms with Gasteiger partial charge < -0.3 is 25.7 Å². The van der Waals surface area contributed by atoms with Crippen LogP contribution in [0, 0.1) is 19.8 Å². The molecule has 4 rings (SSSR count). The molecule has 2 aliphatic rings. The lowest BCUT2D eigenvalue weighted by molar-refractivity contribution is 0.0954. The van der Waals surface area contributed by atoms with Gasteiger partial charge in [0.1, 0.15) is 11.5 Å². The van der Waals surface area contributed by atoms with Gasteiger partial charge in [0.05, 0.1) is 6.04 Å². The molecular weight excluding hydrogens is 402 g/mol. The smallest absolute Gasteiger partial charge is 0.251 e. The molecule has 2 aromatic carbocycles. The molecule has 6 nitrogen and oxygen atoms in total. The number of nitrogens with one attached hydrogen (secondary N) is 2. The van der Waals surface area contributed by atoms with Gasteiger partial charge in [0.15, 0.2) is 0 Å². The Hall–Kier alpha value is -3.43. The topological polar surface area (TPSA) is 84.8 Å². The minimum atomic E-state index is -0.0807. The summed E-state index contributed by atoms with van der Waals surface area (Å²) in [5.74, 6) is 0.0705. The number of fused-ring (bicyclic) bond motifs is 3. The fraction of sp³-hybridized carbons (Fsp3) is 0.346. The van der Waals surface area contributed by atoms with Gasteiger partial charge >= 0.3 is 0 Å². The number of hydrogen-bond donors (Lipinski definition) is 4. The van der Waals surface area contributed by atoms with Crippen LogP contribution in [0.4, 0.5) is 0 Å². The molecule has 1 fully saturated rings. The summed E-state index contributed by atoms with van der Waals surface area (Å²) >= 11 is 0. The summed E-state index contributed by atoms with van der Waals surface area (Å²) in [6.45, 7) is 6.99. The molecule has 6 heteroatoms. The van der Waals surface area contributed by atoms with Gasteiger partial charge in [-0.1, -0.05) is 13.0 Å². The molecule has 32 heavy (non-hydrogen) atoms. The lowest BCUT2D eigenvalue weighted by Gasteiger charge is -2.35. The number of amides is 1. The number of rotatable bonds is 6. The molecule has 4 N–H and O–H groups in total. The lowest BCUT2D eigenvalue weighted by atomic mass is 9.90. The number of carbonyl (C=O) groups is 1. The summed E-state index contributed by atoms with van der Waals surface area (Å²) in [6.07, 6.45) is 12.2. The van der Waals surface area contributed by atoms with Crippen molar-refractivity contribution in [2.45, 2.75) is 32.7 Å². The van der Waals surface area contributed by atoms with Crippen molar-refractivity contribution in [1.29, 1.82) is 0 Å². The summed E-state index contributed by atoms with van der Waals surface area (Å²) in [7, 11) is 0. The normalized spacial score (nSPS) is 16.3. The predicted octanol–water partition coefficient (Wildman–Crippen LogP) is 3.64. The standard InChI is InChI=1S/C24H29N3O3.C2H2/c1-3-25-8-9-26-24(30)16-6-7-18-17(12-16)13-21(27-10-4-5-20(18)27)19-11-15(2)22(28)14-23(19)29;1-2/h6-7,11-14,20,25,28-29H,3-5,8-10H2,1-2H3,(H,26,30);1-2H. The van der Waals surface area contributed by atoms with E-state index in [1.54, 1.807) is 0 Å². The van der Waals surface area contributed by atoms with Crippen LogP contribution >= 0.6 is 0 Å². The first-order chi connectivity index (χ1) is 15.5. The van der Waals surface area contributed by atoms with Crippen LogP contribution in [0.15, 0.2) is 30.3 Å². The average Bonchev–Trinajstić information content (AvgIpc) is 3.30. The van der Waals surface area contributed by atoms with Crippen LogP contribution in [0.1, 0.15) is 58.4 Å². The summed E-state index contributed by atoms with van der Waals surface area (Å²) in [5, 5.41) is 26.6. The SMILES string of the molecule is C#C.CCNCCNC(=O)c1ccc2c(c1)C=C(c1cc(C)c(O)cc1O)N1CCCC21. The molecular formula is C26H31N3O3. The van der Waals surface area contributed by atoms with Crippen LogP contribution in [-0.2, 0) is 0 Å². The van der Waals surface area contributed by atoms with Crippen LogP contribution in [0.25, 0.3) is 11.8 Å². The van der Waals surface area contributed by atoms with Crippen LogP contribution in [0.3, 0.4) is 0 Å². The van der Waals surface area contributed by atoms with Crippen molar-refractivity contribution in [2.24, 2.45) is 0 Å². The van der Waals surface area contributed by atoms with Crippen molar-refractivity contribution in [3.05, 3.63) is 58.1 Å². The Morgan fingerprint density at radius 1 is 1.16 bits per heavy atom. The van der Waals surface area contributed by atoms with E-state index < -0.39 is 0 Å². The van der Waals surface area contributed by atoms with Gasteiger partial charge in [0.2, 0.25) is 0 Å². The van der Waals surface area contributed by atoms with E-state index in [1.807, 2.05) is 32.0 Å². The van der Waals surface area contributed by atoms with Crippen molar-refractivity contribution in [3.8, 4) is 24.3 Å². The number of phenols is 2. The van der Waals surface area contributed by atoms with Crippen LogP contribution < -0.4 is 10.6 Å². The van der Waals surface area contributed by atoms with Gasteiger partial charge in [0.25, 0.3) is 5.91 Å². The number of aromatic hydroxyl groups is 2. The fourth-order valence-corrected chi connectivity index (χ4v) is 4.42. The van der Waals surface area contributed by atoms with Crippen molar-refractivity contribution in [2.75, 3.05) is 26.2 Å². The summed E-state index contributed by atoms with van der Waals surface area (Å²) in [5.41, 5.74) is 5.24. The molecule has 1 amide bonds. The highest BCUT2D eigenvalue weighted by Crippen LogP contribution is 2.46. The third-order valence-electron chi connectivity index (χ3n) is 5.99. The van der Waals surface area contributed by atoms with E-state index in [0.29, 0.717) is 17.7 Å². The Labute approximate surface area is 190 Å². The van der Waals surface area contributed by atoms with Gasteiger partial charge in [-0.2, -0.15) is 0 Å². The summed E-state index contributed by atoms with van der Waals surface area (Å²) < 4.78 is 0. The van der Waals surface area contributed by atoms with E-state index in [4.69, 9.17) is 0 Å². The van der Waals surface area contributed by atoms with E-state index in [1.165, 1.54) is 11.6 Å². The number of carbonyl (C=O) groups excluding carboxylic acids is 1. The molecule has 0 aliphatic carbocycles. The fourth-order valence-electron chi connectivity index (χ4n) is 4.42. The van der Waals surface area contributed by atoms with E-state index in [-0.39, 0.29) is 23.4 Å². The summed E-state index contributed by atoms with van der Waals surface area (Å²) in [6, 6.07) is 9.37. The van der Waals surface area contributed by atoms with Crippen molar-refractivity contribution in [3.63, 3.8) is 0 Å². The number of nitrogens with zero attached hydrogens (tertiary/aromatic N) is 1. The Morgan fingerprint density at radius 2 is 1.94 bits per heavy atom. The molecule has 2 aliphatic heterocycles. The molecule has 1 saturated heterocycles. The van der Waals surface area contributed by atoms with E-state index in [9.17, 15) is 15.0 Å². The second kappa shape index (κ2) is 10.3. The minimum absolute atomic E-state index is 0.0655. The van der Waals surface area contributed by atoms with Crippen molar-refractivity contribution in [1.82, 2.24) is 15.5 Å². The molecule has 1 atom stereocenters. The predicted molar refractivity (Wildman–Crippen MR) is 128 cm³/mol. The number of likely N-dealkylation sites (N-methyl/N-ethyl adjacent to an activating group) is 1. The average molecular weight is 434 g/mol. The highest BCUT2D eigenvalue weighted by Gasteiger charge is 2.34. The maximum absolute atomic E-state index is 12.6. The largest absolute Gasteiger partial charge is 0.508 e. The molecule has 0 radical (unpaired) electrons. The lowest BCUT2D eigenvalue weighted by Crippen LogP contribution is -2.32. The third-order valence-corrected chi connectivity index (χ3v) is 5.99. The first kappa shape index (κ1) is 23.2. The van der Waals surface area contributed by atoms with Crippen LogP contribution in [0.2, 0.25) is 0 Å². The highest BCUT2D eigenvalue weighted by molar-refractivity contribution is 5.96. The Kier molecular flexibility index (Phi) is 7.45. The second-order valence-corrected chi connectivity index (χ2v) is 7.99. The zero-order chi connectivity index (χ0) is 23.3. The van der Waals surface area contributed by atoms with Gasteiger partial charge in [-0.25, -0.2) is 0 Å². The number of hydrogen-bond acceptors (Lipinski definition) is 5. The molecule has 0 bridgehead atoms. The summed E-state index contributed by atoms with van der Waals surface area (Å²) in [4.78, 5) is 14.9. The van der Waals surface area contributed by atoms with E-state index in [2.05, 4.69) is 40.5 Å². The zero-order valence-corrected chi connectivity index (χ0v) is 18.7. The first-order valence-electron chi connectivity index (χ1n) is 11.0. The highest BCUT2D eigenvalue weighted by atomic mass is 16.3. The van der Waals surface area contributed by atoms with Gasteiger partial charge in [-0.05, 0) is 67.3 Å². The number of benzene rings is 2. The Morgan fingerprint density at radius 3 is 2.69 bits per heavy atom. The van der Waals surface area contributed by atoms with Crippen LogP contribution in [-0.4, -0.2) is 47.2 Å². The molecule has 2 aromatic rings. The molecule has 0 saturated carbocycles. The zero-order valence-electron chi connectivity index (χ0n) is 18.7. The van der Waals surface area contributed by atoms with E-state index in [0.717, 1.165) is 49.3 Å². The molecule has 0 spiro atoms. The van der Waals surface area contributed by atoms with Crippen molar-refractivity contribution >= 4 is 17.7 Å². The minimum Gasteiger partial charge on any atom is -0.508 e. The second-order valence-electron chi connectivity index (χ2n) is 7.99. The number of terminal acetylenes is 1. The molecule has 1 unspecified atom stereocenters. The van der Waals surface area contributed by atoms with Gasteiger partial charge in [-0.3, -0.25) is 4.79 Å². The quantitative estimate of drug-likeness (QED) is 0.413. The third kappa shape index (κ3) is 4.58. The maximum Gasteiger partial charge on any atom is 0.251 e.